The van der Waals surface area contributed by atoms with Crippen molar-refractivity contribution in [2.24, 2.45) is 0 Å². The van der Waals surface area contributed by atoms with E-state index in [4.69, 9.17) is 89.7 Å². The molecule has 0 spiro atoms. The number of aryl methyl sites for hydroxylation is 3. The van der Waals surface area contributed by atoms with Crippen LogP contribution in [0.15, 0.2) is 364 Å². The smallest absolute Gasteiger partial charge is 0.119 e. The minimum atomic E-state index is -0.801. The summed E-state index contributed by atoms with van der Waals surface area (Å²) in [4.78, 5) is 0. The van der Waals surface area contributed by atoms with Gasteiger partial charge in [-0.1, -0.05) is 353 Å². The normalized spacial score (nSPS) is 11.3. The number of aliphatic hydroxyl groups is 12. The van der Waals surface area contributed by atoms with E-state index < -0.39 is 36.6 Å². The summed E-state index contributed by atoms with van der Waals surface area (Å²) in [5, 5.41) is 105. The van der Waals surface area contributed by atoms with Crippen molar-refractivity contribution < 1.29 is 89.7 Å². The molecule has 18 nitrogen and oxygen atoms in total. The van der Waals surface area contributed by atoms with Gasteiger partial charge in [-0.15, -0.1) is 0 Å². The molecule has 12 N–H and O–H groups in total. The summed E-state index contributed by atoms with van der Waals surface area (Å²) in [5.41, 5.74) is 8.47. The summed E-state index contributed by atoms with van der Waals surface area (Å²) in [7, 11) is 0. The van der Waals surface area contributed by atoms with E-state index in [2.05, 4.69) is 208 Å². The minimum Gasteiger partial charge on any atom is -0.491 e. The molecule has 0 heterocycles. The second-order valence-corrected chi connectivity index (χ2v) is 28.0. The molecule has 0 radical (unpaired) electrons. The highest BCUT2D eigenvalue weighted by molar-refractivity contribution is 5.27. The molecule has 18 heteroatoms. The zero-order valence-electron chi connectivity index (χ0n) is 73.3. The Bertz CT molecular complexity index is 3560. The van der Waals surface area contributed by atoms with Crippen LogP contribution in [0.5, 0.6) is 34.5 Å². The maximum Gasteiger partial charge on any atom is 0.119 e. The van der Waals surface area contributed by atoms with Crippen molar-refractivity contribution in [1.82, 2.24) is 0 Å². The van der Waals surface area contributed by atoms with Crippen molar-refractivity contribution in [3.05, 3.63) is 397 Å². The van der Waals surface area contributed by atoms with E-state index in [1.54, 1.807) is 72.8 Å². The zero-order valence-corrected chi connectivity index (χ0v) is 73.3. The quantitative estimate of drug-likeness (QED) is 0.0199. The minimum absolute atomic E-state index is 0.126. The van der Waals surface area contributed by atoms with Crippen molar-refractivity contribution in [3.63, 3.8) is 0 Å². The Hall–Kier alpha value is -11.0. The summed E-state index contributed by atoms with van der Waals surface area (Å²) in [6, 6.07) is 118. The SMILES string of the molecule is CC(C)c1ccccc1.CC(C)c1ccccc1.CC(C)c1ccccc1.CCc1ccccc1.CCc1ccccc1.CCc1ccccc1.OCC(O)COc1ccccc1.OCC(O)COc1ccccc1.OCC(O)COc1ccccc1.OCC(O)COc1ccccc1.OCC(O)COc1ccccc1.OCC(O)COc1ccccc1. The second-order valence-electron chi connectivity index (χ2n) is 28.0. The standard InChI is InChI=1S/6C9H12O3.3C9H12.3C8H10/c6*10-6-8(11)7-12-9-4-2-1-3-5-9;3*1-8(2)9-6-4-3-5-7-9;3*1-2-8-6-4-3-5-7-8/h6*1-5,8,10-11H,6-7H2;3*3-8H,1-2H3;3*3-7H,2H2,1H3. The van der Waals surface area contributed by atoms with Gasteiger partial charge in [0.1, 0.15) is 111 Å². The first kappa shape index (κ1) is 110. The fraction of sp³-hybridized carbons (Fsp3) is 0.314. The fourth-order valence-corrected chi connectivity index (χ4v) is 9.23. The molecule has 12 rings (SSSR count). The molecule has 0 saturated heterocycles. The van der Waals surface area contributed by atoms with Crippen LogP contribution in [0.25, 0.3) is 0 Å². The lowest BCUT2D eigenvalue weighted by Crippen LogP contribution is -2.21. The van der Waals surface area contributed by atoms with E-state index in [1.165, 1.54) is 33.4 Å². The molecule has 6 atom stereocenters. The molecule has 0 amide bonds. The van der Waals surface area contributed by atoms with Crippen molar-refractivity contribution in [2.75, 3.05) is 79.3 Å². The Morgan fingerprint density at radius 3 is 0.382 bits per heavy atom. The van der Waals surface area contributed by atoms with Crippen LogP contribution in [0.2, 0.25) is 0 Å². The molecular weight excluding hydrogens is 1550 g/mol. The summed E-state index contributed by atoms with van der Waals surface area (Å²) in [6.07, 6.45) is -1.39. The van der Waals surface area contributed by atoms with Gasteiger partial charge in [0, 0.05) is 0 Å². The lowest BCUT2D eigenvalue weighted by Gasteiger charge is -2.08. The van der Waals surface area contributed by atoms with Crippen molar-refractivity contribution in [2.45, 2.75) is 136 Å². The van der Waals surface area contributed by atoms with E-state index in [-0.39, 0.29) is 79.3 Å². The maximum absolute atomic E-state index is 8.94. The van der Waals surface area contributed by atoms with Gasteiger partial charge in [-0.2, -0.15) is 0 Å². The number of hydrogen-bond donors (Lipinski definition) is 12. The molecule has 0 aliphatic carbocycles. The Morgan fingerprint density at radius 2 is 0.293 bits per heavy atom. The summed E-state index contributed by atoms with van der Waals surface area (Å²) in [6.45, 7) is 18.8. The first-order valence-electron chi connectivity index (χ1n) is 41.7. The average Bonchev–Trinajstić information content (AvgIpc) is 0.927. The molecular formula is C105H138O18. The van der Waals surface area contributed by atoms with Gasteiger partial charge < -0.3 is 89.7 Å². The Labute approximate surface area is 732 Å². The third-order valence-corrected chi connectivity index (χ3v) is 16.5. The van der Waals surface area contributed by atoms with Crippen LogP contribution in [0.4, 0.5) is 0 Å². The van der Waals surface area contributed by atoms with Crippen LogP contribution >= 0.6 is 0 Å². The second kappa shape index (κ2) is 75.9. The number of para-hydroxylation sites is 6. The monoisotopic (exact) mass is 1690 g/mol. The average molecular weight is 1690 g/mol. The molecule has 0 aromatic heterocycles. The van der Waals surface area contributed by atoms with Gasteiger partial charge in [0.2, 0.25) is 0 Å². The van der Waals surface area contributed by atoms with Gasteiger partial charge in [0.15, 0.2) is 0 Å². The van der Waals surface area contributed by atoms with Gasteiger partial charge in [-0.05, 0) is 143 Å². The first-order valence-corrected chi connectivity index (χ1v) is 41.7. The van der Waals surface area contributed by atoms with Crippen LogP contribution in [0.1, 0.15) is 113 Å². The van der Waals surface area contributed by atoms with E-state index in [0.29, 0.717) is 52.3 Å². The van der Waals surface area contributed by atoms with Gasteiger partial charge in [-0.3, -0.25) is 0 Å². The maximum atomic E-state index is 8.94. The first-order chi connectivity index (χ1) is 59.7. The topological polar surface area (TPSA) is 298 Å². The molecule has 0 aliphatic heterocycles. The van der Waals surface area contributed by atoms with Gasteiger partial charge in [0.05, 0.1) is 39.6 Å². The molecule has 0 bridgehead atoms. The third-order valence-electron chi connectivity index (χ3n) is 16.5. The lowest BCUT2D eigenvalue weighted by atomic mass is 10.0. The van der Waals surface area contributed by atoms with Crippen molar-refractivity contribution >= 4 is 0 Å². The molecule has 0 saturated carbocycles. The predicted molar refractivity (Wildman–Crippen MR) is 499 cm³/mol. The van der Waals surface area contributed by atoms with Crippen molar-refractivity contribution in [3.8, 4) is 34.5 Å². The number of aliphatic hydroxyl groups excluding tert-OH is 12. The Balaban J connectivity index is 0.000000673. The number of rotatable bonds is 30. The van der Waals surface area contributed by atoms with Crippen LogP contribution in [-0.4, -0.2) is 177 Å². The van der Waals surface area contributed by atoms with Crippen LogP contribution in [0, 0.1) is 0 Å². The highest BCUT2D eigenvalue weighted by Crippen LogP contribution is 2.17. The lowest BCUT2D eigenvalue weighted by molar-refractivity contribution is 0.0536. The van der Waals surface area contributed by atoms with E-state index in [1.807, 2.05) is 146 Å². The molecule has 12 aromatic carbocycles. The molecule has 0 aliphatic rings. The third kappa shape index (κ3) is 62.7. The number of ether oxygens (including phenoxy) is 6. The van der Waals surface area contributed by atoms with Gasteiger partial charge in [0.25, 0.3) is 0 Å². The summed E-state index contributed by atoms with van der Waals surface area (Å²) in [5.74, 6) is 6.17. The highest BCUT2D eigenvalue weighted by Gasteiger charge is 2.07. The Kier molecular flexibility index (Phi) is 67.9. The molecule has 123 heavy (non-hydrogen) atoms. The van der Waals surface area contributed by atoms with Crippen LogP contribution < -0.4 is 28.4 Å². The number of benzene rings is 12. The Morgan fingerprint density at radius 1 is 0.179 bits per heavy atom. The van der Waals surface area contributed by atoms with E-state index in [9.17, 15) is 0 Å². The number of hydrogen-bond acceptors (Lipinski definition) is 18. The fourth-order valence-electron chi connectivity index (χ4n) is 9.23. The van der Waals surface area contributed by atoms with Crippen LogP contribution in [-0.2, 0) is 19.3 Å². The van der Waals surface area contributed by atoms with Crippen LogP contribution in [0.3, 0.4) is 0 Å². The van der Waals surface area contributed by atoms with Crippen molar-refractivity contribution in [1.29, 1.82) is 0 Å². The summed E-state index contributed by atoms with van der Waals surface area (Å²) >= 11 is 0. The predicted octanol–water partition coefficient (Wildman–Crippen LogP) is 17.7. The zero-order chi connectivity index (χ0) is 90.4. The largest absolute Gasteiger partial charge is 0.491 e. The molecule has 0 fully saturated rings. The molecule has 12 aromatic rings. The highest BCUT2D eigenvalue weighted by atomic mass is 16.5. The van der Waals surface area contributed by atoms with Gasteiger partial charge in [-0.25, -0.2) is 0 Å². The van der Waals surface area contributed by atoms with Gasteiger partial charge >= 0.3 is 0 Å². The summed E-state index contributed by atoms with van der Waals surface area (Å²) < 4.78 is 30.9. The molecule has 666 valence electrons. The van der Waals surface area contributed by atoms with E-state index >= 15 is 0 Å². The molecule has 6 unspecified atom stereocenters. The van der Waals surface area contributed by atoms with E-state index in [0.717, 1.165) is 19.3 Å².